The monoisotopic (exact) mass is 704 g/mol. The zero-order chi connectivity index (χ0) is 26.5. The van der Waals surface area contributed by atoms with Gasteiger partial charge in [-0.1, -0.05) is 0 Å². The van der Waals surface area contributed by atoms with E-state index in [0.29, 0.717) is 0 Å². The van der Waals surface area contributed by atoms with Gasteiger partial charge in [0, 0.05) is 0 Å². The van der Waals surface area contributed by atoms with Crippen molar-refractivity contribution in [3.63, 3.8) is 0 Å². The van der Waals surface area contributed by atoms with E-state index in [4.69, 9.17) is 17.2 Å². The van der Waals surface area contributed by atoms with Gasteiger partial charge in [-0.15, -0.1) is 0 Å². The first-order valence-corrected chi connectivity index (χ1v) is 27.4. The number of fused-ring (bicyclic) bond motifs is 2. The van der Waals surface area contributed by atoms with Crippen molar-refractivity contribution < 1.29 is 17.6 Å². The normalized spacial score (nSPS) is 22.5. The summed E-state index contributed by atoms with van der Waals surface area (Å²) in [6.45, 7) is 9.23. The van der Waals surface area contributed by atoms with Crippen molar-refractivity contribution in [2.24, 2.45) is 0 Å². The molecule has 0 nitrogen and oxygen atoms in total. The number of hydrogen-bond donors (Lipinski definition) is 0. The maximum atomic E-state index is 8.44. The molecule has 0 bridgehead atoms. The molecule has 4 rings (SSSR count). The first-order chi connectivity index (χ1) is 17.9. The molecule has 0 N–H and O–H groups in total. The molecule has 3 heteroatoms. The second-order valence-corrected chi connectivity index (χ2v) is 32.4. The number of allylic oxidation sites excluding steroid dienone is 2. The van der Waals surface area contributed by atoms with Crippen molar-refractivity contribution in [1.82, 2.24) is 0 Å². The fraction of sp³-hybridized carbons (Fsp3) is 0.529. The molecule has 0 amide bonds. The third-order valence-corrected chi connectivity index (χ3v) is 33.4. The molecule has 2 aliphatic rings. The van der Waals surface area contributed by atoms with Gasteiger partial charge < -0.3 is 0 Å². The summed E-state index contributed by atoms with van der Waals surface area (Å²) in [5.41, 5.74) is 8.71. The Kier molecular flexibility index (Phi) is 10.1. The minimum absolute atomic E-state index is 0.186. The molecule has 2 aliphatic carbocycles. The molecule has 0 heterocycles. The summed E-state index contributed by atoms with van der Waals surface area (Å²) in [7, 11) is 16.9. The van der Waals surface area contributed by atoms with Gasteiger partial charge in [0.25, 0.3) is 0 Å². The third kappa shape index (κ3) is 4.93. The van der Waals surface area contributed by atoms with Gasteiger partial charge in [-0.3, -0.25) is 0 Å². The summed E-state index contributed by atoms with van der Waals surface area (Å²) in [5, 5.41) is 0. The Labute approximate surface area is 238 Å². The molecular weight excluding hydrogens is 658 g/mol. The average molecular weight is 704 g/mol. The van der Waals surface area contributed by atoms with Crippen molar-refractivity contribution in [2.45, 2.75) is 111 Å². The van der Waals surface area contributed by atoms with Crippen LogP contribution < -0.4 is 0 Å². The average Bonchev–Trinajstić information content (AvgIpc) is 3.42. The van der Waals surface area contributed by atoms with Crippen LogP contribution in [0.5, 0.6) is 0 Å². The van der Waals surface area contributed by atoms with Crippen LogP contribution in [0.3, 0.4) is 0 Å². The van der Waals surface area contributed by atoms with E-state index in [-0.39, 0.29) is 6.34 Å². The van der Waals surface area contributed by atoms with Crippen LogP contribution in [-0.4, -0.2) is 0 Å². The molecule has 37 heavy (non-hydrogen) atoms. The second-order valence-electron chi connectivity index (χ2n) is 11.3. The van der Waals surface area contributed by atoms with Crippen LogP contribution in [0.1, 0.15) is 127 Å². The van der Waals surface area contributed by atoms with Gasteiger partial charge >= 0.3 is 240 Å². The van der Waals surface area contributed by atoms with Gasteiger partial charge in [0.05, 0.1) is 0 Å². The quantitative estimate of drug-likeness (QED) is 0.172. The summed E-state index contributed by atoms with van der Waals surface area (Å²) in [5.74, 6) is 0. The van der Waals surface area contributed by atoms with Gasteiger partial charge in [0.1, 0.15) is 0 Å². The third-order valence-electron chi connectivity index (χ3n) is 9.08. The molecule has 0 aromatic heterocycles. The van der Waals surface area contributed by atoms with Crippen LogP contribution in [0, 0.1) is 0 Å². The van der Waals surface area contributed by atoms with Crippen LogP contribution >= 0.6 is 17.2 Å². The van der Waals surface area contributed by atoms with E-state index in [0.717, 1.165) is 25.7 Å². The minimum atomic E-state index is -4.41. The van der Waals surface area contributed by atoms with Gasteiger partial charge in [-0.25, -0.2) is 0 Å². The first kappa shape index (κ1) is 29.4. The Morgan fingerprint density at radius 2 is 0.946 bits per heavy atom. The van der Waals surface area contributed by atoms with Crippen LogP contribution in [-0.2, 0) is 23.9 Å². The predicted molar refractivity (Wildman–Crippen MR) is 162 cm³/mol. The van der Waals surface area contributed by atoms with E-state index in [1.165, 1.54) is 73.6 Å². The standard InChI is InChI=1S/2C17H23.2ClH.Hf/c2*1-3-5-9-14-13-15-10-7-8-12-17(15)16(14)11-6-4-2;;;/h2*7-8,10,12-13H,3-6,9,11H2,1-2H3;2*1H;/q;;;;+2/p-2. The summed E-state index contributed by atoms with van der Waals surface area (Å²) >= 11 is -4.41. The fourth-order valence-corrected chi connectivity index (χ4v) is 32.1. The zero-order valence-corrected chi connectivity index (χ0v) is 28.6. The van der Waals surface area contributed by atoms with E-state index in [2.05, 4.69) is 88.4 Å². The summed E-state index contributed by atoms with van der Waals surface area (Å²) < 4.78 is -0.372. The molecule has 0 saturated carbocycles. The summed E-state index contributed by atoms with van der Waals surface area (Å²) in [6, 6.07) is 18.2. The Morgan fingerprint density at radius 1 is 0.568 bits per heavy atom. The summed E-state index contributed by atoms with van der Waals surface area (Å²) in [6.07, 6.45) is 18.8. The molecule has 0 saturated heterocycles. The Bertz CT molecular complexity index is 1040. The van der Waals surface area contributed by atoms with E-state index >= 15 is 0 Å². The Hall–Kier alpha value is -0.630. The van der Waals surface area contributed by atoms with Crippen LogP contribution in [0.2, 0.25) is 0 Å². The van der Waals surface area contributed by atoms with Crippen molar-refractivity contribution in [3.05, 3.63) is 81.9 Å². The van der Waals surface area contributed by atoms with Gasteiger partial charge in [0.2, 0.25) is 0 Å². The summed E-state index contributed by atoms with van der Waals surface area (Å²) in [4.78, 5) is 0. The SMILES string of the molecule is CCCCC1=Cc2ccccc2[C]1(CCCC)[Hf]([Cl])([Cl])[C]1(CCCC)C(CCCC)=Cc2ccccc21. The molecule has 2 aromatic rings. The second kappa shape index (κ2) is 12.7. The molecular formula is C34H46Cl2Hf. The molecule has 200 valence electrons. The van der Waals surface area contributed by atoms with E-state index < -0.39 is 17.6 Å². The Balaban J connectivity index is 2.02. The Morgan fingerprint density at radius 3 is 1.32 bits per heavy atom. The van der Waals surface area contributed by atoms with Crippen LogP contribution in [0.25, 0.3) is 12.2 Å². The van der Waals surface area contributed by atoms with E-state index in [9.17, 15) is 0 Å². The van der Waals surface area contributed by atoms with Crippen molar-refractivity contribution in [2.75, 3.05) is 0 Å². The van der Waals surface area contributed by atoms with Gasteiger partial charge in [-0.05, 0) is 0 Å². The topological polar surface area (TPSA) is 0 Å². The maximum absolute atomic E-state index is 8.44. The molecule has 2 atom stereocenters. The van der Waals surface area contributed by atoms with Crippen LogP contribution in [0.4, 0.5) is 0 Å². The van der Waals surface area contributed by atoms with Crippen molar-refractivity contribution in [1.29, 1.82) is 0 Å². The molecule has 0 aliphatic heterocycles. The number of rotatable bonds is 14. The van der Waals surface area contributed by atoms with Gasteiger partial charge in [0.15, 0.2) is 0 Å². The fourth-order valence-electron chi connectivity index (χ4n) is 7.19. The number of benzene rings is 2. The molecule has 2 unspecified atom stereocenters. The van der Waals surface area contributed by atoms with Crippen LogP contribution in [0.15, 0.2) is 59.7 Å². The first-order valence-electron chi connectivity index (χ1n) is 14.9. The molecule has 0 spiro atoms. The van der Waals surface area contributed by atoms with Crippen molar-refractivity contribution in [3.8, 4) is 0 Å². The molecule has 0 radical (unpaired) electrons. The van der Waals surface area contributed by atoms with E-state index in [1.807, 2.05) is 0 Å². The molecule has 0 fully saturated rings. The predicted octanol–water partition coefficient (Wildman–Crippen LogP) is 11.8. The van der Waals surface area contributed by atoms with Crippen molar-refractivity contribution >= 4 is 29.3 Å². The zero-order valence-electron chi connectivity index (χ0n) is 23.5. The number of hydrogen-bond acceptors (Lipinski definition) is 0. The number of halogens is 2. The van der Waals surface area contributed by atoms with Gasteiger partial charge in [-0.2, -0.15) is 0 Å². The molecule has 2 aromatic carbocycles. The van der Waals surface area contributed by atoms with E-state index in [1.54, 1.807) is 11.1 Å². The number of unbranched alkanes of at least 4 members (excludes halogenated alkanes) is 4.